The van der Waals surface area contributed by atoms with Gasteiger partial charge in [-0.05, 0) is 37.4 Å². The largest absolute Gasteiger partial charge is 0.573 e. The van der Waals surface area contributed by atoms with Crippen LogP contribution in [0.2, 0.25) is 0 Å². The van der Waals surface area contributed by atoms with Crippen molar-refractivity contribution in [2.75, 3.05) is 52.3 Å². The van der Waals surface area contributed by atoms with Crippen molar-refractivity contribution in [2.45, 2.75) is 25.7 Å². The molecule has 0 atom stereocenters. The van der Waals surface area contributed by atoms with Crippen LogP contribution in [0.25, 0.3) is 21.3 Å². The minimum Gasteiger partial charge on any atom is -0.406 e. The van der Waals surface area contributed by atoms with Crippen LogP contribution >= 0.6 is 11.3 Å². The lowest BCUT2D eigenvalue weighted by Gasteiger charge is -2.32. The molecule has 0 radical (unpaired) electrons. The van der Waals surface area contributed by atoms with E-state index in [0.717, 1.165) is 29.9 Å². The molecule has 0 saturated carbocycles. The zero-order valence-corrected chi connectivity index (χ0v) is 23.3. The fraction of sp³-hybridized carbons (Fsp3) is 0.407. The molecule has 2 aromatic heterocycles. The maximum atomic E-state index is 13.0. The van der Waals surface area contributed by atoms with Gasteiger partial charge >= 0.3 is 6.36 Å². The van der Waals surface area contributed by atoms with E-state index in [1.165, 1.54) is 18.2 Å². The first-order valence-electron chi connectivity index (χ1n) is 13.0. The highest BCUT2D eigenvalue weighted by Gasteiger charge is 2.31. The summed E-state index contributed by atoms with van der Waals surface area (Å²) >= 11 is 1.16. The molecule has 1 amide bonds. The van der Waals surface area contributed by atoms with Crippen molar-refractivity contribution >= 4 is 55.4 Å². The number of piperazine rings is 1. The molecule has 1 fully saturated rings. The second-order valence-corrected chi connectivity index (χ2v) is 10.7. The quantitative estimate of drug-likeness (QED) is 0.266. The topological polar surface area (TPSA) is 102 Å². The molecule has 0 unspecified atom stereocenters. The first-order valence-corrected chi connectivity index (χ1v) is 13.8. The average molecular weight is 591 g/mol. The first-order chi connectivity index (χ1) is 19.6. The number of benzene rings is 2. The van der Waals surface area contributed by atoms with Gasteiger partial charge in [0.15, 0.2) is 10.9 Å². The minimum atomic E-state index is -4.79. The monoisotopic (exact) mass is 590 g/mol. The SMILES string of the molecule is COCCn1c(Nc2nc3ccc(OC(F)(F)F)cc3s2)nc2cc(C(=O)CCC(=O)N3CCN(C)CC3)ccc21. The lowest BCUT2D eigenvalue weighted by molar-refractivity contribution is -0.274. The summed E-state index contributed by atoms with van der Waals surface area (Å²) in [5, 5.41) is 3.59. The Morgan fingerprint density at radius 1 is 1.02 bits per heavy atom. The van der Waals surface area contributed by atoms with E-state index in [1.807, 2.05) is 11.6 Å². The van der Waals surface area contributed by atoms with Gasteiger partial charge in [-0.1, -0.05) is 11.3 Å². The molecular weight excluding hydrogens is 561 g/mol. The second kappa shape index (κ2) is 12.0. The van der Waals surface area contributed by atoms with Crippen molar-refractivity contribution in [1.29, 1.82) is 0 Å². The number of Topliss-reactive ketones (excluding diaryl/α,β-unsaturated/α-hetero) is 1. The molecule has 0 spiro atoms. The molecular formula is C27H29F3N6O4S. The van der Waals surface area contributed by atoms with Gasteiger partial charge in [0.2, 0.25) is 11.9 Å². The number of hydrogen-bond acceptors (Lipinski definition) is 9. The van der Waals surface area contributed by atoms with Gasteiger partial charge < -0.3 is 29.2 Å². The lowest BCUT2D eigenvalue weighted by atomic mass is 10.1. The number of aromatic nitrogens is 3. The summed E-state index contributed by atoms with van der Waals surface area (Å²) in [6.07, 6.45) is -4.52. The van der Waals surface area contributed by atoms with E-state index in [-0.39, 0.29) is 30.3 Å². The summed E-state index contributed by atoms with van der Waals surface area (Å²) in [6.45, 7) is 3.83. The number of alkyl halides is 3. The summed E-state index contributed by atoms with van der Waals surface area (Å²) in [4.78, 5) is 38.6. The van der Waals surface area contributed by atoms with Crippen LogP contribution in [-0.2, 0) is 16.1 Å². The number of methoxy groups -OCH3 is 1. The molecule has 10 nitrogen and oxygen atoms in total. The Balaban J connectivity index is 1.33. The summed E-state index contributed by atoms with van der Waals surface area (Å²) in [6, 6.07) is 9.18. The maximum absolute atomic E-state index is 13.0. The van der Waals surface area contributed by atoms with Gasteiger partial charge in [-0.15, -0.1) is 13.2 Å². The highest BCUT2D eigenvalue weighted by molar-refractivity contribution is 7.22. The van der Waals surface area contributed by atoms with Crippen LogP contribution in [0.5, 0.6) is 5.75 Å². The molecule has 5 rings (SSSR count). The Kier molecular flexibility index (Phi) is 8.42. The Bertz CT molecular complexity index is 1560. The molecule has 0 bridgehead atoms. The number of imidazole rings is 1. The number of ether oxygens (including phenoxy) is 2. The van der Waals surface area contributed by atoms with Crippen LogP contribution in [-0.4, -0.2) is 89.3 Å². The van der Waals surface area contributed by atoms with Crippen molar-refractivity contribution < 1.29 is 32.2 Å². The fourth-order valence-electron chi connectivity index (χ4n) is 4.64. The standard InChI is InChI=1S/C27H29F3N6O4S/c1-34-9-11-35(12-10-34)24(38)8-7-22(37)17-3-6-21-20(15-17)31-25(36(21)13-14-39-2)33-26-32-19-5-4-18(16-23(19)41-26)40-27(28,29)30/h3-6,15-16H,7-14H2,1-2H3,(H,31,32,33). The van der Waals surface area contributed by atoms with Crippen molar-refractivity contribution in [3.8, 4) is 5.75 Å². The van der Waals surface area contributed by atoms with E-state index >= 15 is 0 Å². The number of thiazole rings is 1. The number of anilines is 2. The Labute approximate surface area is 237 Å². The minimum absolute atomic E-state index is 0.0178. The van der Waals surface area contributed by atoms with Crippen LogP contribution in [0.1, 0.15) is 23.2 Å². The average Bonchev–Trinajstić information content (AvgIpc) is 3.49. The molecule has 41 heavy (non-hydrogen) atoms. The summed E-state index contributed by atoms with van der Waals surface area (Å²) in [5.41, 5.74) is 2.30. The zero-order valence-electron chi connectivity index (χ0n) is 22.5. The Hall–Kier alpha value is -3.75. The molecule has 1 saturated heterocycles. The van der Waals surface area contributed by atoms with E-state index in [9.17, 15) is 22.8 Å². The second-order valence-electron chi connectivity index (χ2n) is 9.71. The lowest BCUT2D eigenvalue weighted by Crippen LogP contribution is -2.47. The van der Waals surface area contributed by atoms with E-state index in [4.69, 9.17) is 4.74 Å². The zero-order chi connectivity index (χ0) is 29.1. The highest BCUT2D eigenvalue weighted by Crippen LogP contribution is 2.33. The normalized spacial score (nSPS) is 14.6. The predicted octanol–water partition coefficient (Wildman–Crippen LogP) is 4.67. The van der Waals surface area contributed by atoms with Crippen LogP contribution in [0.3, 0.4) is 0 Å². The molecule has 2 aromatic carbocycles. The van der Waals surface area contributed by atoms with Crippen LogP contribution < -0.4 is 10.1 Å². The molecule has 0 aliphatic carbocycles. The third-order valence-electron chi connectivity index (χ3n) is 6.82. The summed E-state index contributed by atoms with van der Waals surface area (Å²) in [5.74, 6) is -0.0400. The number of hydrogen-bond donors (Lipinski definition) is 1. The van der Waals surface area contributed by atoms with E-state index in [2.05, 4.69) is 24.9 Å². The number of amides is 1. The van der Waals surface area contributed by atoms with Crippen molar-refractivity contribution in [1.82, 2.24) is 24.3 Å². The molecule has 1 aliphatic rings. The number of nitrogens with zero attached hydrogens (tertiary/aromatic N) is 5. The first kappa shape index (κ1) is 28.8. The molecule has 1 aliphatic heterocycles. The van der Waals surface area contributed by atoms with Crippen LogP contribution in [0, 0.1) is 0 Å². The van der Waals surface area contributed by atoms with Gasteiger partial charge in [0.25, 0.3) is 0 Å². The van der Waals surface area contributed by atoms with Gasteiger partial charge in [0, 0.05) is 64.3 Å². The van der Waals surface area contributed by atoms with Crippen LogP contribution in [0.15, 0.2) is 36.4 Å². The predicted molar refractivity (Wildman–Crippen MR) is 149 cm³/mol. The summed E-state index contributed by atoms with van der Waals surface area (Å²) < 4.78 is 49.5. The van der Waals surface area contributed by atoms with Gasteiger partial charge in [-0.2, -0.15) is 0 Å². The van der Waals surface area contributed by atoms with Crippen LogP contribution in [0.4, 0.5) is 24.3 Å². The number of likely N-dealkylation sites (N-methyl/N-ethyl adjacent to an activating group) is 1. The third-order valence-corrected chi connectivity index (χ3v) is 7.76. The number of nitrogens with one attached hydrogen (secondary N) is 1. The van der Waals surface area contributed by atoms with Crippen molar-refractivity contribution in [3.05, 3.63) is 42.0 Å². The van der Waals surface area contributed by atoms with E-state index in [0.29, 0.717) is 58.6 Å². The number of carbonyl (C=O) groups excluding carboxylic acids is 2. The molecule has 4 aromatic rings. The number of halogens is 3. The molecule has 218 valence electrons. The number of fused-ring (bicyclic) bond motifs is 2. The molecule has 14 heteroatoms. The molecule has 1 N–H and O–H groups in total. The smallest absolute Gasteiger partial charge is 0.406 e. The van der Waals surface area contributed by atoms with Gasteiger partial charge in [-0.3, -0.25) is 9.59 Å². The molecule has 3 heterocycles. The van der Waals surface area contributed by atoms with Crippen molar-refractivity contribution in [3.63, 3.8) is 0 Å². The fourth-order valence-corrected chi connectivity index (χ4v) is 5.53. The summed E-state index contributed by atoms with van der Waals surface area (Å²) in [7, 11) is 3.60. The maximum Gasteiger partial charge on any atom is 0.573 e. The van der Waals surface area contributed by atoms with Gasteiger partial charge in [-0.25, -0.2) is 9.97 Å². The number of carbonyl (C=O) groups is 2. The Morgan fingerprint density at radius 2 is 1.80 bits per heavy atom. The highest BCUT2D eigenvalue weighted by atomic mass is 32.1. The Morgan fingerprint density at radius 3 is 2.54 bits per heavy atom. The van der Waals surface area contributed by atoms with Crippen molar-refractivity contribution in [2.24, 2.45) is 0 Å². The third kappa shape index (κ3) is 6.94. The van der Waals surface area contributed by atoms with E-state index < -0.39 is 6.36 Å². The number of ketones is 1. The number of rotatable bonds is 10. The van der Waals surface area contributed by atoms with Gasteiger partial charge in [0.1, 0.15) is 5.75 Å². The van der Waals surface area contributed by atoms with Gasteiger partial charge in [0.05, 0.1) is 27.9 Å². The van der Waals surface area contributed by atoms with E-state index in [1.54, 1.807) is 30.2 Å².